The van der Waals surface area contributed by atoms with E-state index in [1.165, 1.54) is 5.56 Å². The first-order valence-electron chi connectivity index (χ1n) is 13.5. The van der Waals surface area contributed by atoms with Gasteiger partial charge in [-0.3, -0.25) is 10.2 Å². The van der Waals surface area contributed by atoms with Crippen molar-refractivity contribution in [2.75, 3.05) is 36.5 Å². The molecule has 1 saturated heterocycles. The number of rotatable bonds is 11. The van der Waals surface area contributed by atoms with Gasteiger partial charge < -0.3 is 30.8 Å². The highest BCUT2D eigenvalue weighted by atomic mass is 16.5. The summed E-state index contributed by atoms with van der Waals surface area (Å²) in [6.07, 6.45) is 3.56. The zero-order chi connectivity index (χ0) is 29.2. The standard InChI is InChI=1S/C31H36N6O4/c1-22(32)36-14-12-26(13-15-36)25-8-10-27(11-9-25)35-30(38)20-37(28-6-2-4-23(16-28)18-34-33)19-24-5-3-7-29(17-24)41-21-31(39)40/h2-11,16-18,26,32H,12-15,19-21,33H2,1H3,(H,35,38)(H,39,40)/b32-22?,34-18+. The highest BCUT2D eigenvalue weighted by molar-refractivity contribution is 5.94. The molecule has 1 amide bonds. The number of hydrazone groups is 1. The van der Waals surface area contributed by atoms with Crippen molar-refractivity contribution in [3.8, 4) is 5.75 Å². The minimum absolute atomic E-state index is 0.0760. The Labute approximate surface area is 239 Å². The van der Waals surface area contributed by atoms with Gasteiger partial charge in [0.1, 0.15) is 5.75 Å². The van der Waals surface area contributed by atoms with Crippen LogP contribution in [0, 0.1) is 5.41 Å². The van der Waals surface area contributed by atoms with Crippen LogP contribution in [-0.2, 0) is 16.1 Å². The number of carbonyl (C=O) groups is 2. The summed E-state index contributed by atoms with van der Waals surface area (Å²) in [6, 6.07) is 22.7. The van der Waals surface area contributed by atoms with Gasteiger partial charge in [0, 0.05) is 31.0 Å². The SMILES string of the molecule is CC(=N)N1CCC(c2ccc(NC(=O)CN(Cc3cccc(OCC(=O)O)c3)c3cccc(/C=N/N)c3)cc2)CC1. The zero-order valence-corrected chi connectivity index (χ0v) is 23.1. The summed E-state index contributed by atoms with van der Waals surface area (Å²) in [7, 11) is 0. The Kier molecular flexibility index (Phi) is 9.93. The van der Waals surface area contributed by atoms with Crippen LogP contribution < -0.4 is 20.8 Å². The number of carbonyl (C=O) groups excluding carboxylic acids is 1. The van der Waals surface area contributed by atoms with E-state index in [-0.39, 0.29) is 12.5 Å². The van der Waals surface area contributed by atoms with Gasteiger partial charge in [-0.25, -0.2) is 4.79 Å². The molecule has 5 N–H and O–H groups in total. The Morgan fingerprint density at radius 2 is 1.85 bits per heavy atom. The van der Waals surface area contributed by atoms with Crippen LogP contribution in [0.3, 0.4) is 0 Å². The number of aliphatic carboxylic acids is 1. The predicted molar refractivity (Wildman–Crippen MR) is 161 cm³/mol. The van der Waals surface area contributed by atoms with Crippen LogP contribution in [0.25, 0.3) is 0 Å². The number of hydrogen-bond acceptors (Lipinski definition) is 7. The molecule has 214 valence electrons. The van der Waals surface area contributed by atoms with Gasteiger partial charge in [0.15, 0.2) is 6.61 Å². The second-order valence-electron chi connectivity index (χ2n) is 10.1. The summed E-state index contributed by atoms with van der Waals surface area (Å²) in [4.78, 5) is 28.1. The summed E-state index contributed by atoms with van der Waals surface area (Å²) >= 11 is 0. The summed E-state index contributed by atoms with van der Waals surface area (Å²) < 4.78 is 5.34. The Morgan fingerprint density at radius 1 is 1.12 bits per heavy atom. The van der Waals surface area contributed by atoms with Gasteiger partial charge in [-0.2, -0.15) is 5.10 Å². The molecule has 0 saturated carbocycles. The maximum atomic E-state index is 13.2. The van der Waals surface area contributed by atoms with Crippen LogP contribution in [0.5, 0.6) is 5.75 Å². The maximum absolute atomic E-state index is 13.2. The molecule has 0 spiro atoms. The molecule has 0 radical (unpaired) electrons. The van der Waals surface area contributed by atoms with Gasteiger partial charge in [0.2, 0.25) is 5.91 Å². The number of hydrogen-bond donors (Lipinski definition) is 4. The van der Waals surface area contributed by atoms with E-state index in [1.54, 1.807) is 24.4 Å². The highest BCUT2D eigenvalue weighted by Gasteiger charge is 2.21. The Balaban J connectivity index is 1.45. The average molecular weight is 557 g/mol. The van der Waals surface area contributed by atoms with Gasteiger partial charge in [0.05, 0.1) is 18.6 Å². The van der Waals surface area contributed by atoms with Crippen molar-refractivity contribution in [1.29, 1.82) is 5.41 Å². The molecular formula is C31H36N6O4. The molecule has 1 heterocycles. The molecular weight excluding hydrogens is 520 g/mol. The van der Waals surface area contributed by atoms with Crippen LogP contribution in [-0.4, -0.2) is 60.2 Å². The van der Waals surface area contributed by atoms with Gasteiger partial charge in [0.25, 0.3) is 0 Å². The van der Waals surface area contributed by atoms with Crippen molar-refractivity contribution < 1.29 is 19.4 Å². The monoisotopic (exact) mass is 556 g/mol. The number of benzene rings is 3. The minimum Gasteiger partial charge on any atom is -0.482 e. The number of likely N-dealkylation sites (tertiary alicyclic amines) is 1. The molecule has 10 heteroatoms. The number of nitrogens with one attached hydrogen (secondary N) is 2. The first-order chi connectivity index (χ1) is 19.8. The van der Waals surface area contributed by atoms with E-state index in [9.17, 15) is 9.59 Å². The van der Waals surface area contributed by atoms with E-state index in [1.807, 2.05) is 54.3 Å². The number of nitrogens with zero attached hydrogens (tertiary/aromatic N) is 3. The van der Waals surface area contributed by atoms with Crippen LogP contribution in [0.15, 0.2) is 77.9 Å². The first kappa shape index (κ1) is 29.1. The lowest BCUT2D eigenvalue weighted by atomic mass is 9.89. The number of anilines is 2. The smallest absolute Gasteiger partial charge is 0.341 e. The van der Waals surface area contributed by atoms with Crippen LogP contribution in [0.4, 0.5) is 11.4 Å². The third-order valence-corrected chi connectivity index (χ3v) is 7.06. The van der Waals surface area contributed by atoms with Gasteiger partial charge >= 0.3 is 5.97 Å². The average Bonchev–Trinajstić information content (AvgIpc) is 2.97. The van der Waals surface area contributed by atoms with E-state index < -0.39 is 12.6 Å². The zero-order valence-electron chi connectivity index (χ0n) is 23.1. The van der Waals surface area contributed by atoms with Crippen LogP contribution >= 0.6 is 0 Å². The van der Waals surface area contributed by atoms with Crippen molar-refractivity contribution in [1.82, 2.24) is 4.90 Å². The number of ether oxygens (including phenoxy) is 1. The lowest BCUT2D eigenvalue weighted by molar-refractivity contribution is -0.139. The molecule has 1 aliphatic rings. The van der Waals surface area contributed by atoms with E-state index in [0.717, 1.165) is 48.4 Å². The molecule has 3 aromatic carbocycles. The third kappa shape index (κ3) is 8.56. The molecule has 3 aromatic rings. The largest absolute Gasteiger partial charge is 0.482 e. The number of piperidine rings is 1. The van der Waals surface area contributed by atoms with Crippen molar-refractivity contribution in [2.45, 2.75) is 32.2 Å². The van der Waals surface area contributed by atoms with Gasteiger partial charge in [-0.15, -0.1) is 0 Å². The fraction of sp³-hybridized carbons (Fsp3) is 0.290. The Morgan fingerprint density at radius 3 is 2.54 bits per heavy atom. The van der Waals surface area contributed by atoms with Crippen LogP contribution in [0.2, 0.25) is 0 Å². The van der Waals surface area contributed by atoms with Crippen molar-refractivity contribution in [3.63, 3.8) is 0 Å². The second-order valence-corrected chi connectivity index (χ2v) is 10.1. The Hall–Kier alpha value is -4.86. The summed E-state index contributed by atoms with van der Waals surface area (Å²) in [5.41, 5.74) is 4.42. The van der Waals surface area contributed by atoms with Gasteiger partial charge in [-0.1, -0.05) is 36.4 Å². The fourth-order valence-electron chi connectivity index (χ4n) is 4.99. The van der Waals surface area contributed by atoms with Crippen LogP contribution in [0.1, 0.15) is 42.4 Å². The molecule has 0 aliphatic carbocycles. The van der Waals surface area contributed by atoms with Crippen molar-refractivity contribution in [2.24, 2.45) is 10.9 Å². The highest BCUT2D eigenvalue weighted by Crippen LogP contribution is 2.29. The molecule has 10 nitrogen and oxygen atoms in total. The normalized spacial score (nSPS) is 13.6. The number of amidine groups is 1. The number of carboxylic acids is 1. The number of amides is 1. The molecule has 0 aromatic heterocycles. The molecule has 0 bridgehead atoms. The minimum atomic E-state index is -1.05. The lowest BCUT2D eigenvalue weighted by Crippen LogP contribution is -2.36. The first-order valence-corrected chi connectivity index (χ1v) is 13.5. The van der Waals surface area contributed by atoms with E-state index in [4.69, 9.17) is 21.1 Å². The molecule has 1 aliphatic heterocycles. The maximum Gasteiger partial charge on any atom is 0.341 e. The topological polar surface area (TPSA) is 144 Å². The molecule has 1 fully saturated rings. The quantitative estimate of drug-likeness (QED) is 0.120. The summed E-state index contributed by atoms with van der Waals surface area (Å²) in [5, 5.41) is 23.4. The van der Waals surface area contributed by atoms with Crippen molar-refractivity contribution in [3.05, 3.63) is 89.5 Å². The molecule has 4 rings (SSSR count). The van der Waals surface area contributed by atoms with Crippen molar-refractivity contribution >= 4 is 35.3 Å². The molecule has 0 unspecified atom stereocenters. The third-order valence-electron chi connectivity index (χ3n) is 7.06. The Bertz CT molecular complexity index is 1380. The van der Waals surface area contributed by atoms with Gasteiger partial charge in [-0.05, 0) is 78.8 Å². The summed E-state index contributed by atoms with van der Waals surface area (Å²) in [5.74, 6) is 5.63. The van der Waals surface area contributed by atoms with E-state index in [2.05, 4.69) is 27.5 Å². The summed E-state index contributed by atoms with van der Waals surface area (Å²) in [6.45, 7) is 3.64. The van der Waals surface area contributed by atoms with E-state index >= 15 is 0 Å². The molecule has 41 heavy (non-hydrogen) atoms. The number of nitrogens with two attached hydrogens (primary N) is 1. The predicted octanol–water partition coefficient (Wildman–Crippen LogP) is 4.26. The molecule has 0 atom stereocenters. The lowest BCUT2D eigenvalue weighted by Gasteiger charge is -2.33. The number of carboxylic acid groups (broad SMARTS) is 1. The second kappa shape index (κ2) is 14.0. The fourth-order valence-corrected chi connectivity index (χ4v) is 4.99. The van der Waals surface area contributed by atoms with E-state index in [0.29, 0.717) is 24.0 Å².